The number of ether oxygens (including phenoxy) is 3. The van der Waals surface area contributed by atoms with Crippen molar-refractivity contribution in [3.8, 4) is 0 Å². The van der Waals surface area contributed by atoms with Crippen molar-refractivity contribution in [1.29, 1.82) is 0 Å². The van der Waals surface area contributed by atoms with Crippen LogP contribution in [0, 0.1) is 28.6 Å². The summed E-state index contributed by atoms with van der Waals surface area (Å²) >= 11 is 0. The first-order chi connectivity index (χ1) is 13.1. The van der Waals surface area contributed by atoms with E-state index in [4.69, 9.17) is 18.6 Å². The lowest BCUT2D eigenvalue weighted by Gasteiger charge is -2.66. The maximum atomic E-state index is 13.0. The number of carbonyl (C=O) groups excluding carboxylic acids is 1. The van der Waals surface area contributed by atoms with E-state index in [1.165, 1.54) is 12.7 Å². The molecule has 3 fully saturated rings. The standard InChI is InChI=1S/C22H30O5/c1-13-14-5-6-18-21(19(23)24-2)8-4-9-22(18,20(25-3)27-12-21)16(14)11-17-15(13)7-10-26-17/h7,10,13-14,16,18,20H,4-6,8-9,11-12H2,1-3H3/t13-,14+,16+,18+,20-,21+,22+/m1/s1. The molecule has 27 heavy (non-hydrogen) atoms. The SMILES string of the molecule is COC(=O)[C@@]12CCC[C@]3([C@H](OC)OC1)[C@H]1Cc4occc4[C@H](C)[C@@H]1CC[C@@H]23. The van der Waals surface area contributed by atoms with E-state index in [-0.39, 0.29) is 23.6 Å². The van der Waals surface area contributed by atoms with E-state index >= 15 is 0 Å². The van der Waals surface area contributed by atoms with Crippen molar-refractivity contribution in [3.63, 3.8) is 0 Å². The van der Waals surface area contributed by atoms with Crippen LogP contribution in [0.4, 0.5) is 0 Å². The van der Waals surface area contributed by atoms with Crippen LogP contribution in [0.25, 0.3) is 0 Å². The Balaban J connectivity index is 1.64. The van der Waals surface area contributed by atoms with Gasteiger partial charge in [-0.05, 0) is 61.0 Å². The third-order valence-corrected chi connectivity index (χ3v) is 8.60. The minimum Gasteiger partial charge on any atom is -0.469 e. The van der Waals surface area contributed by atoms with Gasteiger partial charge in [0, 0.05) is 18.9 Å². The summed E-state index contributed by atoms with van der Waals surface area (Å²) in [5, 5.41) is 0. The fraction of sp³-hybridized carbons (Fsp3) is 0.773. The van der Waals surface area contributed by atoms with Gasteiger partial charge in [0.15, 0.2) is 6.29 Å². The molecule has 0 N–H and O–H groups in total. The molecule has 5 heteroatoms. The maximum Gasteiger partial charge on any atom is 0.314 e. The second-order valence-electron chi connectivity index (χ2n) is 9.18. The van der Waals surface area contributed by atoms with Gasteiger partial charge in [0.2, 0.25) is 0 Å². The number of methoxy groups -OCH3 is 2. The van der Waals surface area contributed by atoms with Crippen molar-refractivity contribution in [2.75, 3.05) is 20.8 Å². The summed E-state index contributed by atoms with van der Waals surface area (Å²) in [5.74, 6) is 2.76. The van der Waals surface area contributed by atoms with Crippen molar-refractivity contribution >= 4 is 5.97 Å². The smallest absolute Gasteiger partial charge is 0.314 e. The second kappa shape index (κ2) is 6.08. The zero-order chi connectivity index (χ0) is 18.8. The average Bonchev–Trinajstić information content (AvgIpc) is 3.16. The summed E-state index contributed by atoms with van der Waals surface area (Å²) in [6.45, 7) is 2.76. The van der Waals surface area contributed by atoms with Crippen molar-refractivity contribution in [2.45, 2.75) is 57.7 Å². The Labute approximate surface area is 160 Å². The Morgan fingerprint density at radius 1 is 1.26 bits per heavy atom. The molecule has 2 saturated carbocycles. The minimum atomic E-state index is -0.514. The van der Waals surface area contributed by atoms with Crippen molar-refractivity contribution in [3.05, 3.63) is 23.7 Å². The third-order valence-electron chi connectivity index (χ3n) is 8.60. The Morgan fingerprint density at radius 2 is 2.11 bits per heavy atom. The zero-order valence-corrected chi connectivity index (χ0v) is 16.5. The van der Waals surface area contributed by atoms with Crippen LogP contribution in [0.1, 0.15) is 56.3 Å². The number of esters is 1. The topological polar surface area (TPSA) is 57.9 Å². The van der Waals surface area contributed by atoms with Crippen molar-refractivity contribution in [1.82, 2.24) is 0 Å². The lowest BCUT2D eigenvalue weighted by Crippen LogP contribution is -2.68. The minimum absolute atomic E-state index is 0.0906. The third kappa shape index (κ3) is 2.10. The quantitative estimate of drug-likeness (QED) is 0.735. The lowest BCUT2D eigenvalue weighted by atomic mass is 9.41. The molecular weight excluding hydrogens is 344 g/mol. The molecule has 5 nitrogen and oxygen atoms in total. The van der Waals surface area contributed by atoms with Crippen LogP contribution in [0.15, 0.2) is 16.7 Å². The molecule has 148 valence electrons. The Morgan fingerprint density at radius 3 is 2.89 bits per heavy atom. The number of furan rings is 1. The molecular formula is C22H30O5. The average molecular weight is 374 g/mol. The predicted octanol–water partition coefficient (Wildman–Crippen LogP) is 3.91. The lowest BCUT2D eigenvalue weighted by molar-refractivity contribution is -0.326. The van der Waals surface area contributed by atoms with Crippen LogP contribution in [0.5, 0.6) is 0 Å². The van der Waals surface area contributed by atoms with Crippen LogP contribution in [0.3, 0.4) is 0 Å². The van der Waals surface area contributed by atoms with Gasteiger partial charge in [0.25, 0.3) is 0 Å². The molecule has 2 bridgehead atoms. The summed E-state index contributed by atoms with van der Waals surface area (Å²) in [5.41, 5.74) is 0.715. The normalized spacial score (nSPS) is 45.4. The van der Waals surface area contributed by atoms with Crippen LogP contribution in [-0.2, 0) is 25.4 Å². The van der Waals surface area contributed by atoms with Crippen LogP contribution in [-0.4, -0.2) is 33.1 Å². The van der Waals surface area contributed by atoms with Gasteiger partial charge >= 0.3 is 5.97 Å². The first-order valence-electron chi connectivity index (χ1n) is 10.4. The molecule has 7 atom stereocenters. The van der Waals surface area contributed by atoms with E-state index in [9.17, 15) is 4.79 Å². The van der Waals surface area contributed by atoms with Gasteiger partial charge in [-0.2, -0.15) is 0 Å². The van der Waals surface area contributed by atoms with E-state index in [2.05, 4.69) is 13.0 Å². The number of rotatable bonds is 2. The van der Waals surface area contributed by atoms with E-state index < -0.39 is 5.41 Å². The fourth-order valence-electron chi connectivity index (χ4n) is 7.62. The molecule has 2 heterocycles. The number of fused-ring (bicyclic) bond motifs is 2. The maximum absolute atomic E-state index is 13.0. The number of carbonyl (C=O) groups is 1. The van der Waals surface area contributed by atoms with E-state index in [0.717, 1.165) is 44.3 Å². The van der Waals surface area contributed by atoms with Gasteiger partial charge in [-0.25, -0.2) is 0 Å². The molecule has 0 unspecified atom stereocenters. The summed E-state index contributed by atoms with van der Waals surface area (Å²) in [6, 6.07) is 2.14. The summed E-state index contributed by atoms with van der Waals surface area (Å²) in [6.07, 6.45) is 7.65. The highest BCUT2D eigenvalue weighted by Crippen LogP contribution is 2.69. The molecule has 1 saturated heterocycles. The van der Waals surface area contributed by atoms with E-state index in [0.29, 0.717) is 24.4 Å². The molecule has 1 aromatic heterocycles. The zero-order valence-electron chi connectivity index (χ0n) is 16.5. The molecule has 1 aliphatic heterocycles. The molecule has 5 rings (SSSR count). The highest BCUT2D eigenvalue weighted by Gasteiger charge is 2.70. The first-order valence-corrected chi connectivity index (χ1v) is 10.4. The Bertz CT molecular complexity index is 741. The number of hydrogen-bond donors (Lipinski definition) is 0. The Hall–Kier alpha value is -1.33. The molecule has 0 radical (unpaired) electrons. The van der Waals surface area contributed by atoms with Gasteiger partial charge in [-0.1, -0.05) is 13.3 Å². The molecule has 4 aliphatic rings. The van der Waals surface area contributed by atoms with Crippen molar-refractivity contribution in [2.24, 2.45) is 28.6 Å². The molecule has 0 amide bonds. The summed E-state index contributed by atoms with van der Waals surface area (Å²) in [7, 11) is 3.27. The van der Waals surface area contributed by atoms with Crippen LogP contribution in [0.2, 0.25) is 0 Å². The monoisotopic (exact) mass is 374 g/mol. The van der Waals surface area contributed by atoms with Crippen molar-refractivity contribution < 1.29 is 23.4 Å². The summed E-state index contributed by atoms with van der Waals surface area (Å²) in [4.78, 5) is 13.0. The van der Waals surface area contributed by atoms with Gasteiger partial charge < -0.3 is 18.6 Å². The highest BCUT2D eigenvalue weighted by molar-refractivity contribution is 5.78. The molecule has 0 spiro atoms. The van der Waals surface area contributed by atoms with E-state index in [1.54, 1.807) is 7.11 Å². The van der Waals surface area contributed by atoms with Gasteiger partial charge in [0.1, 0.15) is 5.76 Å². The second-order valence-corrected chi connectivity index (χ2v) is 9.18. The van der Waals surface area contributed by atoms with Gasteiger partial charge in [-0.15, -0.1) is 0 Å². The Kier molecular flexibility index (Phi) is 4.00. The van der Waals surface area contributed by atoms with Crippen LogP contribution >= 0.6 is 0 Å². The molecule has 3 aliphatic carbocycles. The van der Waals surface area contributed by atoms with E-state index in [1.807, 2.05) is 6.26 Å². The van der Waals surface area contributed by atoms with Crippen LogP contribution < -0.4 is 0 Å². The van der Waals surface area contributed by atoms with Gasteiger partial charge in [-0.3, -0.25) is 4.79 Å². The highest BCUT2D eigenvalue weighted by atomic mass is 16.7. The molecule has 0 aromatic carbocycles. The number of hydrogen-bond acceptors (Lipinski definition) is 5. The fourth-order valence-corrected chi connectivity index (χ4v) is 7.62. The largest absolute Gasteiger partial charge is 0.469 e. The molecule has 1 aromatic rings. The van der Waals surface area contributed by atoms with Gasteiger partial charge in [0.05, 0.1) is 25.4 Å². The predicted molar refractivity (Wildman–Crippen MR) is 98.0 cm³/mol. The first kappa shape index (κ1) is 17.7. The summed E-state index contributed by atoms with van der Waals surface area (Å²) < 4.78 is 23.4.